The Balaban J connectivity index is 1.55. The zero-order valence-electron chi connectivity index (χ0n) is 16.3. The Morgan fingerprint density at radius 2 is 1.73 bits per heavy atom. The maximum Gasteiger partial charge on any atom is 0.216 e. The summed E-state index contributed by atoms with van der Waals surface area (Å²) in [4.78, 5) is 0. The van der Waals surface area contributed by atoms with E-state index in [9.17, 15) is 8.42 Å². The van der Waals surface area contributed by atoms with Gasteiger partial charge in [0.15, 0.2) is 0 Å². The second-order valence-corrected chi connectivity index (χ2v) is 11.8. The monoisotopic (exact) mass is 398 g/mol. The summed E-state index contributed by atoms with van der Waals surface area (Å²) in [5.41, 5.74) is 1.38. The van der Waals surface area contributed by atoms with Crippen molar-refractivity contribution in [2.75, 3.05) is 18.8 Å². The lowest BCUT2D eigenvalue weighted by atomic mass is 9.86. The van der Waals surface area contributed by atoms with Crippen molar-refractivity contribution in [1.29, 1.82) is 0 Å². The molecule has 0 saturated heterocycles. The van der Waals surface area contributed by atoms with E-state index >= 15 is 0 Å². The molecule has 0 spiro atoms. The number of thioether (sulfide) groups is 1. The smallest absolute Gasteiger partial charge is 0.216 e. The minimum atomic E-state index is -3.23. The highest BCUT2D eigenvalue weighted by Gasteiger charge is 2.32. The van der Waals surface area contributed by atoms with Crippen molar-refractivity contribution in [2.45, 2.75) is 63.0 Å². The molecule has 1 aromatic carbocycles. The minimum absolute atomic E-state index is 0.108. The molecule has 0 radical (unpaired) electrons. The van der Waals surface area contributed by atoms with Gasteiger partial charge < -0.3 is 5.32 Å². The van der Waals surface area contributed by atoms with E-state index in [1.165, 1.54) is 5.56 Å². The van der Waals surface area contributed by atoms with Crippen LogP contribution in [0.15, 0.2) is 30.3 Å². The fourth-order valence-electron chi connectivity index (χ4n) is 3.10. The number of rotatable bonds is 9. The predicted octanol–water partition coefficient (Wildman–Crippen LogP) is 3.79. The predicted molar refractivity (Wildman–Crippen MR) is 113 cm³/mol. The Labute approximate surface area is 164 Å². The molecular weight excluding hydrogens is 364 g/mol. The van der Waals surface area contributed by atoms with Gasteiger partial charge in [0, 0.05) is 24.1 Å². The van der Waals surface area contributed by atoms with E-state index in [2.05, 4.69) is 40.4 Å². The van der Waals surface area contributed by atoms with Gasteiger partial charge in [-0.1, -0.05) is 30.3 Å². The van der Waals surface area contributed by atoms with E-state index in [-0.39, 0.29) is 6.04 Å². The molecule has 1 aromatic rings. The first kappa shape index (κ1) is 21.7. The molecule has 0 bridgehead atoms. The van der Waals surface area contributed by atoms with E-state index in [1.807, 2.05) is 11.8 Å². The maximum absolute atomic E-state index is 12.3. The van der Waals surface area contributed by atoms with Gasteiger partial charge in [-0.15, -0.1) is 0 Å². The van der Waals surface area contributed by atoms with Gasteiger partial charge in [-0.2, -0.15) is 11.8 Å². The fraction of sp³-hybridized carbons (Fsp3) is 0.700. The lowest BCUT2D eigenvalue weighted by Crippen LogP contribution is -2.46. The number of nitrogens with one attached hydrogen (secondary N) is 2. The first-order valence-electron chi connectivity index (χ1n) is 9.62. The average Bonchev–Trinajstić information content (AvgIpc) is 2.59. The van der Waals surface area contributed by atoms with Crippen LogP contribution in [-0.4, -0.2) is 38.0 Å². The third-order valence-electron chi connectivity index (χ3n) is 4.94. The highest BCUT2D eigenvalue weighted by atomic mass is 32.2. The summed E-state index contributed by atoms with van der Waals surface area (Å²) in [6, 6.07) is 10.7. The third kappa shape index (κ3) is 7.22. The number of benzene rings is 1. The second kappa shape index (κ2) is 10.1. The van der Waals surface area contributed by atoms with Crippen molar-refractivity contribution in [2.24, 2.45) is 5.92 Å². The van der Waals surface area contributed by atoms with E-state index in [0.29, 0.717) is 5.92 Å². The molecule has 1 saturated carbocycles. The summed E-state index contributed by atoms with van der Waals surface area (Å²) in [7, 11) is -3.23. The van der Waals surface area contributed by atoms with Crippen LogP contribution >= 0.6 is 11.8 Å². The molecule has 148 valence electrons. The average molecular weight is 399 g/mol. The molecule has 1 aliphatic carbocycles. The van der Waals surface area contributed by atoms with Gasteiger partial charge in [0.25, 0.3) is 0 Å². The molecule has 6 heteroatoms. The fourth-order valence-corrected chi connectivity index (χ4v) is 4.98. The van der Waals surface area contributed by atoms with Crippen molar-refractivity contribution in [1.82, 2.24) is 10.0 Å². The summed E-state index contributed by atoms with van der Waals surface area (Å²) in [6.07, 6.45) is 4.10. The Bertz CT molecular complexity index is 619. The van der Waals surface area contributed by atoms with Gasteiger partial charge in [-0.25, -0.2) is 13.1 Å². The van der Waals surface area contributed by atoms with Crippen molar-refractivity contribution < 1.29 is 8.42 Å². The molecule has 0 aromatic heterocycles. The van der Waals surface area contributed by atoms with Crippen LogP contribution < -0.4 is 10.0 Å². The van der Waals surface area contributed by atoms with E-state index in [0.717, 1.165) is 50.3 Å². The molecule has 1 fully saturated rings. The van der Waals surface area contributed by atoms with Crippen LogP contribution in [0.4, 0.5) is 0 Å². The highest BCUT2D eigenvalue weighted by molar-refractivity contribution is 7.98. The standard InChI is InChI=1S/C20H34N2O2S2/c1-20(2,3)26(23,24)22-19-11-9-17(10-12-19)15-21-13-14-25-16-18-7-5-4-6-8-18/h4-8,17,19,21-22H,9-16H2,1-3H3/t17-,19-. The molecule has 26 heavy (non-hydrogen) atoms. The summed E-state index contributed by atoms with van der Waals surface area (Å²) in [5, 5.41) is 3.57. The van der Waals surface area contributed by atoms with Gasteiger partial charge in [0.05, 0.1) is 4.75 Å². The van der Waals surface area contributed by atoms with E-state index < -0.39 is 14.8 Å². The molecule has 4 nitrogen and oxygen atoms in total. The molecule has 0 aliphatic heterocycles. The van der Waals surface area contributed by atoms with Gasteiger partial charge in [0.1, 0.15) is 0 Å². The van der Waals surface area contributed by atoms with Crippen LogP contribution in [0, 0.1) is 5.92 Å². The maximum atomic E-state index is 12.3. The van der Waals surface area contributed by atoms with Crippen molar-refractivity contribution in [3.63, 3.8) is 0 Å². The van der Waals surface area contributed by atoms with Gasteiger partial charge in [-0.3, -0.25) is 0 Å². The number of hydrogen-bond acceptors (Lipinski definition) is 4. The zero-order valence-corrected chi connectivity index (χ0v) is 18.0. The minimum Gasteiger partial charge on any atom is -0.316 e. The molecule has 0 heterocycles. The zero-order chi connectivity index (χ0) is 19.0. The van der Waals surface area contributed by atoms with Gasteiger partial charge in [-0.05, 0) is 64.5 Å². The normalized spacial score (nSPS) is 21.7. The Kier molecular flexibility index (Phi) is 8.45. The van der Waals surface area contributed by atoms with Crippen molar-refractivity contribution in [3.8, 4) is 0 Å². The molecule has 2 N–H and O–H groups in total. The molecule has 0 unspecified atom stereocenters. The van der Waals surface area contributed by atoms with Crippen LogP contribution in [-0.2, 0) is 15.8 Å². The molecule has 0 atom stereocenters. The second-order valence-electron chi connectivity index (χ2n) is 8.19. The topological polar surface area (TPSA) is 58.2 Å². The van der Waals surface area contributed by atoms with Crippen LogP contribution in [0.5, 0.6) is 0 Å². The first-order valence-corrected chi connectivity index (χ1v) is 12.3. The highest BCUT2D eigenvalue weighted by Crippen LogP contribution is 2.25. The third-order valence-corrected chi connectivity index (χ3v) is 8.23. The summed E-state index contributed by atoms with van der Waals surface area (Å²) in [5.74, 6) is 2.86. The summed E-state index contributed by atoms with van der Waals surface area (Å²) < 4.78 is 26.7. The lowest BCUT2D eigenvalue weighted by Gasteiger charge is -2.31. The molecule has 2 rings (SSSR count). The number of sulfonamides is 1. The van der Waals surface area contributed by atoms with Crippen LogP contribution in [0.2, 0.25) is 0 Å². The Morgan fingerprint density at radius 1 is 1.08 bits per heavy atom. The molecule has 0 amide bonds. The van der Waals surface area contributed by atoms with Crippen LogP contribution in [0.25, 0.3) is 0 Å². The first-order chi connectivity index (χ1) is 12.3. The van der Waals surface area contributed by atoms with E-state index in [1.54, 1.807) is 20.8 Å². The van der Waals surface area contributed by atoms with Crippen LogP contribution in [0.1, 0.15) is 52.0 Å². The Hall–Kier alpha value is -0.560. The largest absolute Gasteiger partial charge is 0.316 e. The summed E-state index contributed by atoms with van der Waals surface area (Å²) in [6.45, 7) is 7.33. The van der Waals surface area contributed by atoms with E-state index in [4.69, 9.17) is 0 Å². The lowest BCUT2D eigenvalue weighted by molar-refractivity contribution is 0.303. The van der Waals surface area contributed by atoms with Crippen molar-refractivity contribution >= 4 is 21.8 Å². The Morgan fingerprint density at radius 3 is 2.35 bits per heavy atom. The molecule has 1 aliphatic rings. The SMILES string of the molecule is CC(C)(C)S(=O)(=O)N[C@H]1CC[C@H](CNCCSCc2ccccc2)CC1. The van der Waals surface area contributed by atoms with Crippen molar-refractivity contribution in [3.05, 3.63) is 35.9 Å². The van der Waals surface area contributed by atoms with Gasteiger partial charge >= 0.3 is 0 Å². The molecular formula is C20H34N2O2S2. The quantitative estimate of drug-likeness (QED) is 0.622. The van der Waals surface area contributed by atoms with Gasteiger partial charge in [0.2, 0.25) is 10.0 Å². The number of hydrogen-bond donors (Lipinski definition) is 2. The van der Waals surface area contributed by atoms with Crippen LogP contribution in [0.3, 0.4) is 0 Å². The summed E-state index contributed by atoms with van der Waals surface area (Å²) >= 11 is 1.96.